The molecule has 1 saturated carbocycles. The molecule has 2 bridgehead atoms. The Labute approximate surface area is 129 Å². The highest BCUT2D eigenvalue weighted by Gasteiger charge is 2.58. The Bertz CT molecular complexity index is 557. The van der Waals surface area contributed by atoms with Crippen LogP contribution in [0.5, 0.6) is 0 Å². The topological polar surface area (TPSA) is 66.5 Å². The van der Waals surface area contributed by atoms with Crippen molar-refractivity contribution in [3.63, 3.8) is 0 Å². The van der Waals surface area contributed by atoms with Gasteiger partial charge in [-0.25, -0.2) is 0 Å². The van der Waals surface area contributed by atoms with Crippen LogP contribution in [-0.2, 0) is 14.4 Å². The van der Waals surface area contributed by atoms with Crippen molar-refractivity contribution in [3.8, 4) is 0 Å². The van der Waals surface area contributed by atoms with Crippen LogP contribution in [0, 0.1) is 29.6 Å². The molecule has 0 aromatic rings. The number of nitrogens with one attached hydrogen (secondary N) is 1. The van der Waals surface area contributed by atoms with Crippen LogP contribution < -0.4 is 5.32 Å². The molecule has 116 valence electrons. The zero-order valence-corrected chi connectivity index (χ0v) is 12.4. The van der Waals surface area contributed by atoms with Crippen LogP contribution in [0.3, 0.4) is 0 Å². The van der Waals surface area contributed by atoms with Gasteiger partial charge in [0.25, 0.3) is 0 Å². The van der Waals surface area contributed by atoms with Crippen LogP contribution in [0.1, 0.15) is 19.3 Å². The van der Waals surface area contributed by atoms with Crippen molar-refractivity contribution in [2.75, 3.05) is 13.1 Å². The Morgan fingerprint density at radius 1 is 1.09 bits per heavy atom. The fourth-order valence-electron chi connectivity index (χ4n) is 4.45. The predicted molar refractivity (Wildman–Crippen MR) is 79.3 cm³/mol. The summed E-state index contributed by atoms with van der Waals surface area (Å²) in [6.45, 7) is 0.658. The fraction of sp³-hybridized carbons (Fsp3) is 0.588. The summed E-state index contributed by atoms with van der Waals surface area (Å²) in [5.74, 6) is 0.170. The number of hydrogen-bond acceptors (Lipinski definition) is 3. The lowest BCUT2D eigenvalue weighted by Gasteiger charge is -2.18. The molecule has 1 heterocycles. The first-order valence-electron chi connectivity index (χ1n) is 8.13. The summed E-state index contributed by atoms with van der Waals surface area (Å²) in [7, 11) is 0. The molecule has 3 aliphatic carbocycles. The van der Waals surface area contributed by atoms with Crippen molar-refractivity contribution in [1.29, 1.82) is 0 Å². The Kier molecular flexibility index (Phi) is 3.17. The minimum Gasteiger partial charge on any atom is -0.354 e. The summed E-state index contributed by atoms with van der Waals surface area (Å²) in [6.07, 6.45) is 10.7. The molecule has 1 saturated heterocycles. The summed E-state index contributed by atoms with van der Waals surface area (Å²) in [6, 6.07) is 0. The summed E-state index contributed by atoms with van der Waals surface area (Å²) in [4.78, 5) is 38.2. The molecular formula is C17H20N2O3. The van der Waals surface area contributed by atoms with E-state index < -0.39 is 0 Å². The van der Waals surface area contributed by atoms with Crippen LogP contribution >= 0.6 is 0 Å². The van der Waals surface area contributed by atoms with Gasteiger partial charge >= 0.3 is 0 Å². The first-order chi connectivity index (χ1) is 10.7. The number of carbonyl (C=O) groups excluding carboxylic acids is 3. The van der Waals surface area contributed by atoms with E-state index in [1.54, 1.807) is 0 Å². The molecule has 0 aromatic carbocycles. The highest BCUT2D eigenvalue weighted by molar-refractivity contribution is 6.06. The molecule has 3 amide bonds. The fourth-order valence-corrected chi connectivity index (χ4v) is 4.45. The van der Waals surface area contributed by atoms with E-state index in [1.165, 1.54) is 4.90 Å². The first-order valence-corrected chi connectivity index (χ1v) is 8.13. The average Bonchev–Trinajstić information content (AvgIpc) is 3.27. The van der Waals surface area contributed by atoms with Crippen molar-refractivity contribution >= 4 is 17.7 Å². The zero-order chi connectivity index (χ0) is 15.3. The number of hydrogen-bond donors (Lipinski definition) is 1. The van der Waals surface area contributed by atoms with Gasteiger partial charge in [0.2, 0.25) is 17.7 Å². The van der Waals surface area contributed by atoms with Gasteiger partial charge in [-0.05, 0) is 31.1 Å². The highest BCUT2D eigenvalue weighted by Crippen LogP contribution is 2.52. The lowest BCUT2D eigenvalue weighted by molar-refractivity contribution is -0.141. The van der Waals surface area contributed by atoms with E-state index in [0.29, 0.717) is 13.1 Å². The van der Waals surface area contributed by atoms with Gasteiger partial charge in [0.05, 0.1) is 11.8 Å². The third kappa shape index (κ3) is 1.95. The molecule has 5 heteroatoms. The molecule has 4 rings (SSSR count). The van der Waals surface area contributed by atoms with Crippen molar-refractivity contribution in [1.82, 2.24) is 10.2 Å². The number of fused-ring (bicyclic) bond motifs is 5. The van der Waals surface area contributed by atoms with Crippen LogP contribution in [0.25, 0.3) is 0 Å². The van der Waals surface area contributed by atoms with Crippen molar-refractivity contribution in [2.24, 2.45) is 29.6 Å². The Morgan fingerprint density at radius 3 is 2.27 bits per heavy atom. The quantitative estimate of drug-likeness (QED) is 0.619. The third-order valence-electron chi connectivity index (χ3n) is 5.57. The van der Waals surface area contributed by atoms with Gasteiger partial charge in [0, 0.05) is 19.0 Å². The molecular weight excluding hydrogens is 280 g/mol. The van der Waals surface area contributed by atoms with Gasteiger partial charge in [-0.15, -0.1) is 0 Å². The Balaban J connectivity index is 1.33. The van der Waals surface area contributed by atoms with Gasteiger partial charge < -0.3 is 5.32 Å². The maximum atomic E-state index is 12.5. The molecule has 1 aliphatic heterocycles. The van der Waals surface area contributed by atoms with E-state index in [9.17, 15) is 14.4 Å². The average molecular weight is 300 g/mol. The minimum absolute atomic E-state index is 0.0180. The second kappa shape index (κ2) is 5.07. The van der Waals surface area contributed by atoms with Crippen molar-refractivity contribution in [3.05, 3.63) is 24.3 Å². The first kappa shape index (κ1) is 13.7. The molecule has 4 aliphatic rings. The number of rotatable bonds is 4. The van der Waals surface area contributed by atoms with Gasteiger partial charge in [-0.3, -0.25) is 19.3 Å². The van der Waals surface area contributed by atoms with E-state index in [4.69, 9.17) is 0 Å². The highest BCUT2D eigenvalue weighted by atomic mass is 16.2. The van der Waals surface area contributed by atoms with Gasteiger partial charge in [-0.1, -0.05) is 24.3 Å². The lowest BCUT2D eigenvalue weighted by atomic mass is 9.85. The Morgan fingerprint density at radius 2 is 1.68 bits per heavy atom. The standard InChI is InChI=1S/C17H20N2O3/c20-15(10-3-1-2-4-10)18-7-8-19-16(21)13-11-5-6-12(9-11)14(13)17(19)22/h1-2,5-6,10-14H,3-4,7-9H2,(H,18,20). The van der Waals surface area contributed by atoms with Crippen LogP contribution in [-0.4, -0.2) is 35.7 Å². The molecule has 1 N–H and O–H groups in total. The summed E-state index contributed by atoms with van der Waals surface area (Å²) in [5, 5.41) is 2.86. The van der Waals surface area contributed by atoms with Crippen molar-refractivity contribution in [2.45, 2.75) is 19.3 Å². The SMILES string of the molecule is O=C(NCCN1C(=O)C2C3C=CC(C3)C2C1=O)C1CC=CC1. The number of allylic oxidation sites excluding steroid dienone is 4. The van der Waals surface area contributed by atoms with E-state index >= 15 is 0 Å². The minimum atomic E-state index is -0.141. The molecule has 0 spiro atoms. The van der Waals surface area contributed by atoms with Gasteiger partial charge in [-0.2, -0.15) is 0 Å². The van der Waals surface area contributed by atoms with Crippen LogP contribution in [0.15, 0.2) is 24.3 Å². The summed E-state index contributed by atoms with van der Waals surface area (Å²) >= 11 is 0. The normalized spacial score (nSPS) is 35.7. The maximum absolute atomic E-state index is 12.5. The smallest absolute Gasteiger partial charge is 0.233 e. The van der Waals surface area contributed by atoms with Gasteiger partial charge in [0.1, 0.15) is 0 Å². The summed E-state index contributed by atoms with van der Waals surface area (Å²) < 4.78 is 0. The largest absolute Gasteiger partial charge is 0.354 e. The molecule has 4 atom stereocenters. The second-order valence-corrected chi connectivity index (χ2v) is 6.76. The number of carbonyl (C=O) groups is 3. The molecule has 22 heavy (non-hydrogen) atoms. The Hall–Kier alpha value is -1.91. The zero-order valence-electron chi connectivity index (χ0n) is 12.4. The van der Waals surface area contributed by atoms with E-state index in [2.05, 4.69) is 17.5 Å². The summed E-state index contributed by atoms with van der Waals surface area (Å²) in [5.41, 5.74) is 0. The molecule has 2 fully saturated rings. The molecule has 4 unspecified atom stereocenters. The molecule has 0 radical (unpaired) electrons. The number of likely N-dealkylation sites (tertiary alicyclic amines) is 1. The second-order valence-electron chi connectivity index (χ2n) is 6.76. The van der Waals surface area contributed by atoms with Crippen LogP contribution in [0.2, 0.25) is 0 Å². The van der Waals surface area contributed by atoms with Crippen LogP contribution in [0.4, 0.5) is 0 Å². The number of nitrogens with zero attached hydrogens (tertiary/aromatic N) is 1. The predicted octanol–water partition coefficient (Wildman–Crippen LogP) is 0.876. The maximum Gasteiger partial charge on any atom is 0.233 e. The van der Waals surface area contributed by atoms with E-state index in [1.807, 2.05) is 12.2 Å². The number of amides is 3. The third-order valence-corrected chi connectivity index (χ3v) is 5.57. The number of imide groups is 1. The van der Waals surface area contributed by atoms with Crippen molar-refractivity contribution < 1.29 is 14.4 Å². The lowest BCUT2D eigenvalue weighted by Crippen LogP contribution is -2.41. The molecule has 0 aromatic heterocycles. The van der Waals surface area contributed by atoms with Gasteiger partial charge in [0.15, 0.2) is 0 Å². The molecule has 5 nitrogen and oxygen atoms in total. The monoisotopic (exact) mass is 300 g/mol. The van der Waals surface area contributed by atoms with E-state index in [0.717, 1.165) is 19.3 Å². The van der Waals surface area contributed by atoms with E-state index in [-0.39, 0.29) is 47.3 Å².